The Hall–Kier alpha value is -3.45. The molecule has 0 aliphatic heterocycles. The molecule has 4 rings (SSSR count). The first-order valence-corrected chi connectivity index (χ1v) is 9.42. The standard InChI is InChI=1S/C21H16N2O4S/c24-19(23-21-22-17-7-3-4-8-18(17)28-21)12-27-20(25)13-26-16-10-9-14-5-1-2-6-15(14)11-16/h1-11H,12-13H2,(H,22,23,24). The van der Waals surface area contributed by atoms with Gasteiger partial charge in [0.15, 0.2) is 18.3 Å². The summed E-state index contributed by atoms with van der Waals surface area (Å²) in [5, 5.41) is 5.20. The Morgan fingerprint density at radius 3 is 2.57 bits per heavy atom. The number of hydrogen-bond acceptors (Lipinski definition) is 6. The zero-order valence-corrected chi connectivity index (χ0v) is 15.6. The van der Waals surface area contributed by atoms with Crippen LogP contribution in [0.1, 0.15) is 0 Å². The molecule has 0 aliphatic carbocycles. The number of fused-ring (bicyclic) bond motifs is 2. The minimum Gasteiger partial charge on any atom is -0.482 e. The summed E-state index contributed by atoms with van der Waals surface area (Å²) >= 11 is 1.36. The van der Waals surface area contributed by atoms with Gasteiger partial charge in [-0.15, -0.1) is 0 Å². The molecule has 0 atom stereocenters. The molecule has 4 aromatic rings. The summed E-state index contributed by atoms with van der Waals surface area (Å²) in [6, 6.07) is 21.0. The lowest BCUT2D eigenvalue weighted by atomic mass is 10.1. The number of rotatable bonds is 6. The second-order valence-corrected chi connectivity index (χ2v) is 7.02. The Bertz CT molecular complexity index is 1120. The molecular formula is C21H16N2O4S. The van der Waals surface area contributed by atoms with Crippen molar-refractivity contribution < 1.29 is 19.1 Å². The van der Waals surface area contributed by atoms with Crippen molar-refractivity contribution in [2.75, 3.05) is 18.5 Å². The number of ether oxygens (including phenoxy) is 2. The first-order chi connectivity index (χ1) is 13.7. The van der Waals surface area contributed by atoms with E-state index in [-0.39, 0.29) is 6.61 Å². The van der Waals surface area contributed by atoms with Crippen molar-refractivity contribution in [3.63, 3.8) is 0 Å². The maximum Gasteiger partial charge on any atom is 0.344 e. The van der Waals surface area contributed by atoms with Crippen LogP contribution in [0.25, 0.3) is 21.0 Å². The van der Waals surface area contributed by atoms with Gasteiger partial charge in [0, 0.05) is 0 Å². The number of aromatic nitrogens is 1. The van der Waals surface area contributed by atoms with Crippen molar-refractivity contribution in [2.24, 2.45) is 0 Å². The molecule has 0 radical (unpaired) electrons. The summed E-state index contributed by atoms with van der Waals surface area (Å²) in [6.07, 6.45) is 0. The van der Waals surface area contributed by atoms with E-state index >= 15 is 0 Å². The maximum absolute atomic E-state index is 12.0. The highest BCUT2D eigenvalue weighted by atomic mass is 32.1. The van der Waals surface area contributed by atoms with E-state index in [0.29, 0.717) is 10.9 Å². The second kappa shape index (κ2) is 8.06. The summed E-state index contributed by atoms with van der Waals surface area (Å²) in [5.41, 5.74) is 0.809. The minimum absolute atomic E-state index is 0.271. The number of esters is 1. The molecule has 1 aromatic heterocycles. The Morgan fingerprint density at radius 2 is 1.71 bits per heavy atom. The summed E-state index contributed by atoms with van der Waals surface area (Å²) in [5.74, 6) is -0.500. The molecule has 6 nitrogen and oxygen atoms in total. The molecule has 1 amide bonds. The fourth-order valence-corrected chi connectivity index (χ4v) is 3.55. The van der Waals surface area contributed by atoms with E-state index < -0.39 is 18.5 Å². The van der Waals surface area contributed by atoms with Crippen molar-refractivity contribution >= 4 is 49.3 Å². The molecule has 140 valence electrons. The van der Waals surface area contributed by atoms with Crippen LogP contribution in [-0.4, -0.2) is 30.1 Å². The lowest BCUT2D eigenvalue weighted by Gasteiger charge is -2.08. The third-order valence-electron chi connectivity index (χ3n) is 3.98. The van der Waals surface area contributed by atoms with Crippen LogP contribution in [0.5, 0.6) is 5.75 Å². The smallest absolute Gasteiger partial charge is 0.344 e. The third-order valence-corrected chi connectivity index (χ3v) is 4.93. The Labute approximate surface area is 164 Å². The van der Waals surface area contributed by atoms with Crippen molar-refractivity contribution in [3.05, 3.63) is 66.7 Å². The molecule has 1 N–H and O–H groups in total. The van der Waals surface area contributed by atoms with Gasteiger partial charge in [-0.3, -0.25) is 10.1 Å². The van der Waals surface area contributed by atoms with E-state index in [1.54, 1.807) is 6.07 Å². The molecule has 0 unspecified atom stereocenters. The number of thiazole rings is 1. The van der Waals surface area contributed by atoms with Gasteiger partial charge in [-0.2, -0.15) is 0 Å². The maximum atomic E-state index is 12.0. The predicted molar refractivity (Wildman–Crippen MR) is 109 cm³/mol. The summed E-state index contributed by atoms with van der Waals surface area (Å²) < 4.78 is 11.4. The molecule has 1 heterocycles. The molecule has 0 fully saturated rings. The number of nitrogens with zero attached hydrogens (tertiary/aromatic N) is 1. The summed E-state index contributed by atoms with van der Waals surface area (Å²) in [7, 11) is 0. The third kappa shape index (κ3) is 4.27. The highest BCUT2D eigenvalue weighted by molar-refractivity contribution is 7.22. The van der Waals surface area contributed by atoms with Crippen LogP contribution < -0.4 is 10.1 Å². The van der Waals surface area contributed by atoms with Crippen molar-refractivity contribution in [1.29, 1.82) is 0 Å². The van der Waals surface area contributed by atoms with Gasteiger partial charge in [0.1, 0.15) is 5.75 Å². The molecule has 7 heteroatoms. The molecule has 0 spiro atoms. The number of carbonyl (C=O) groups is 2. The lowest BCUT2D eigenvalue weighted by molar-refractivity contribution is -0.149. The van der Waals surface area contributed by atoms with Crippen LogP contribution in [0.2, 0.25) is 0 Å². The van der Waals surface area contributed by atoms with Gasteiger partial charge in [0.2, 0.25) is 0 Å². The second-order valence-electron chi connectivity index (χ2n) is 5.99. The molecular weight excluding hydrogens is 376 g/mol. The van der Waals surface area contributed by atoms with Gasteiger partial charge < -0.3 is 9.47 Å². The van der Waals surface area contributed by atoms with E-state index in [4.69, 9.17) is 9.47 Å². The molecule has 0 saturated heterocycles. The number of nitrogens with one attached hydrogen (secondary N) is 1. The largest absolute Gasteiger partial charge is 0.482 e. The van der Waals surface area contributed by atoms with E-state index in [2.05, 4.69) is 10.3 Å². The number of para-hydroxylation sites is 1. The van der Waals surface area contributed by atoms with Gasteiger partial charge in [-0.1, -0.05) is 53.8 Å². The zero-order valence-electron chi connectivity index (χ0n) is 14.8. The number of benzene rings is 3. The average molecular weight is 392 g/mol. The zero-order chi connectivity index (χ0) is 19.3. The summed E-state index contributed by atoms with van der Waals surface area (Å²) in [4.78, 5) is 28.1. The number of amides is 1. The Balaban J connectivity index is 1.25. The number of anilines is 1. The SMILES string of the molecule is O=C(COC(=O)COc1ccc2ccccc2c1)Nc1nc2ccccc2s1. The van der Waals surface area contributed by atoms with E-state index in [1.807, 2.05) is 60.7 Å². The van der Waals surface area contributed by atoms with Crippen molar-refractivity contribution in [3.8, 4) is 5.75 Å². The Morgan fingerprint density at radius 1 is 0.929 bits per heavy atom. The van der Waals surface area contributed by atoms with Gasteiger partial charge in [0.25, 0.3) is 5.91 Å². The molecule has 28 heavy (non-hydrogen) atoms. The molecule has 0 bridgehead atoms. The highest BCUT2D eigenvalue weighted by Gasteiger charge is 2.11. The Kier molecular flexibility index (Phi) is 5.16. The minimum atomic E-state index is -0.618. The van der Waals surface area contributed by atoms with Crippen molar-refractivity contribution in [2.45, 2.75) is 0 Å². The highest BCUT2D eigenvalue weighted by Crippen LogP contribution is 2.25. The normalized spacial score (nSPS) is 10.7. The van der Waals surface area contributed by atoms with Gasteiger partial charge in [-0.25, -0.2) is 9.78 Å². The van der Waals surface area contributed by atoms with Gasteiger partial charge in [0.05, 0.1) is 10.2 Å². The van der Waals surface area contributed by atoms with Crippen LogP contribution in [0.3, 0.4) is 0 Å². The van der Waals surface area contributed by atoms with Crippen molar-refractivity contribution in [1.82, 2.24) is 4.98 Å². The van der Waals surface area contributed by atoms with Gasteiger partial charge in [-0.05, 0) is 35.0 Å². The first-order valence-electron chi connectivity index (χ1n) is 8.60. The van der Waals surface area contributed by atoms with Crippen LogP contribution in [0.15, 0.2) is 66.7 Å². The summed E-state index contributed by atoms with van der Waals surface area (Å²) in [6.45, 7) is -0.664. The van der Waals surface area contributed by atoms with E-state index in [0.717, 1.165) is 21.0 Å². The predicted octanol–water partition coefficient (Wildman–Crippen LogP) is 4.01. The van der Waals surface area contributed by atoms with Crippen LogP contribution >= 0.6 is 11.3 Å². The fraction of sp³-hybridized carbons (Fsp3) is 0.0952. The number of hydrogen-bond donors (Lipinski definition) is 1. The van der Waals surface area contributed by atoms with E-state index in [1.165, 1.54) is 11.3 Å². The molecule has 3 aromatic carbocycles. The van der Waals surface area contributed by atoms with Crippen LogP contribution in [-0.2, 0) is 14.3 Å². The monoisotopic (exact) mass is 392 g/mol. The van der Waals surface area contributed by atoms with Crippen LogP contribution in [0.4, 0.5) is 5.13 Å². The van der Waals surface area contributed by atoms with Gasteiger partial charge >= 0.3 is 5.97 Å². The first kappa shape index (κ1) is 17.9. The molecule has 0 saturated carbocycles. The fourth-order valence-electron chi connectivity index (χ4n) is 2.67. The topological polar surface area (TPSA) is 77.5 Å². The van der Waals surface area contributed by atoms with Crippen LogP contribution in [0, 0.1) is 0 Å². The van der Waals surface area contributed by atoms with E-state index in [9.17, 15) is 9.59 Å². The molecule has 0 aliphatic rings. The number of carbonyl (C=O) groups excluding carboxylic acids is 2. The quantitative estimate of drug-likeness (QED) is 0.502. The average Bonchev–Trinajstić information content (AvgIpc) is 3.12. The lowest BCUT2D eigenvalue weighted by Crippen LogP contribution is -2.23.